The topological polar surface area (TPSA) is 50.9 Å². The second-order valence-corrected chi connectivity index (χ2v) is 5.61. The van der Waals surface area contributed by atoms with E-state index in [1.165, 1.54) is 18.4 Å². The standard InChI is InChI=1S/C17H21N3S/c1-3-4-5-13-6-8-15(9-7-13)20-16-11-14(17(18)21)10-12(2)19-16/h6-11H,3-5H2,1-2H3,(H2,18,21)(H,19,20). The van der Waals surface area contributed by atoms with Crippen LogP contribution in [-0.2, 0) is 6.42 Å². The molecule has 1 aromatic carbocycles. The lowest BCUT2D eigenvalue weighted by Gasteiger charge is -2.09. The highest BCUT2D eigenvalue weighted by atomic mass is 32.1. The van der Waals surface area contributed by atoms with E-state index in [1.54, 1.807) is 0 Å². The van der Waals surface area contributed by atoms with Gasteiger partial charge < -0.3 is 11.1 Å². The second kappa shape index (κ2) is 7.18. The maximum Gasteiger partial charge on any atom is 0.131 e. The Labute approximate surface area is 131 Å². The lowest BCUT2D eigenvalue weighted by molar-refractivity contribution is 0.795. The Morgan fingerprint density at radius 2 is 1.95 bits per heavy atom. The normalized spacial score (nSPS) is 10.4. The van der Waals surface area contributed by atoms with Crippen molar-refractivity contribution in [1.82, 2.24) is 4.98 Å². The molecule has 0 radical (unpaired) electrons. The number of unbranched alkanes of at least 4 members (excludes halogenated alkanes) is 1. The summed E-state index contributed by atoms with van der Waals surface area (Å²) >= 11 is 5.03. The zero-order valence-electron chi connectivity index (χ0n) is 12.5. The number of nitrogens with zero attached hydrogens (tertiary/aromatic N) is 1. The monoisotopic (exact) mass is 299 g/mol. The third-order valence-corrected chi connectivity index (χ3v) is 3.52. The van der Waals surface area contributed by atoms with Crippen molar-refractivity contribution in [2.75, 3.05) is 5.32 Å². The highest BCUT2D eigenvalue weighted by Crippen LogP contribution is 2.18. The highest BCUT2D eigenvalue weighted by molar-refractivity contribution is 7.80. The molecule has 0 fully saturated rings. The van der Waals surface area contributed by atoms with Crippen LogP contribution in [0.25, 0.3) is 0 Å². The van der Waals surface area contributed by atoms with Crippen LogP contribution in [0, 0.1) is 6.92 Å². The molecule has 21 heavy (non-hydrogen) atoms. The van der Waals surface area contributed by atoms with Crippen LogP contribution in [0.15, 0.2) is 36.4 Å². The number of aromatic nitrogens is 1. The van der Waals surface area contributed by atoms with Gasteiger partial charge in [-0.25, -0.2) is 4.98 Å². The summed E-state index contributed by atoms with van der Waals surface area (Å²) in [6.45, 7) is 4.14. The number of aryl methyl sites for hydroxylation is 2. The maximum atomic E-state index is 5.69. The van der Waals surface area contributed by atoms with Crippen molar-refractivity contribution >= 4 is 28.7 Å². The zero-order valence-corrected chi connectivity index (χ0v) is 13.3. The number of hydrogen-bond acceptors (Lipinski definition) is 3. The summed E-state index contributed by atoms with van der Waals surface area (Å²) in [4.78, 5) is 4.84. The molecule has 0 aliphatic rings. The molecule has 0 bridgehead atoms. The third-order valence-electron chi connectivity index (χ3n) is 3.28. The summed E-state index contributed by atoms with van der Waals surface area (Å²) in [5.74, 6) is 0.763. The summed E-state index contributed by atoms with van der Waals surface area (Å²) in [6, 6.07) is 12.2. The minimum Gasteiger partial charge on any atom is -0.389 e. The highest BCUT2D eigenvalue weighted by Gasteiger charge is 2.03. The Balaban J connectivity index is 2.12. The van der Waals surface area contributed by atoms with Gasteiger partial charge in [-0.2, -0.15) is 0 Å². The Morgan fingerprint density at radius 1 is 1.24 bits per heavy atom. The summed E-state index contributed by atoms with van der Waals surface area (Å²) in [6.07, 6.45) is 3.57. The number of pyridine rings is 1. The molecule has 0 unspecified atom stereocenters. The smallest absolute Gasteiger partial charge is 0.131 e. The summed E-state index contributed by atoms with van der Waals surface area (Å²) < 4.78 is 0. The van der Waals surface area contributed by atoms with Crippen LogP contribution in [0.1, 0.15) is 36.6 Å². The quantitative estimate of drug-likeness (QED) is 0.788. The molecule has 1 heterocycles. The first-order valence-corrected chi connectivity index (χ1v) is 7.63. The first kappa shape index (κ1) is 15.4. The van der Waals surface area contributed by atoms with Crippen molar-refractivity contribution in [1.29, 1.82) is 0 Å². The molecule has 0 spiro atoms. The number of rotatable bonds is 6. The predicted molar refractivity (Wildman–Crippen MR) is 93.2 cm³/mol. The van der Waals surface area contributed by atoms with Crippen molar-refractivity contribution in [2.45, 2.75) is 33.1 Å². The van der Waals surface area contributed by atoms with E-state index in [2.05, 4.69) is 41.5 Å². The molecule has 0 atom stereocenters. The van der Waals surface area contributed by atoms with E-state index in [9.17, 15) is 0 Å². The van der Waals surface area contributed by atoms with Gasteiger partial charge in [-0.3, -0.25) is 0 Å². The largest absolute Gasteiger partial charge is 0.389 e. The molecule has 4 heteroatoms. The van der Waals surface area contributed by atoms with Gasteiger partial charge in [0, 0.05) is 16.9 Å². The van der Waals surface area contributed by atoms with Crippen LogP contribution >= 0.6 is 12.2 Å². The minimum absolute atomic E-state index is 0.387. The van der Waals surface area contributed by atoms with Crippen molar-refractivity contribution in [3.8, 4) is 0 Å². The molecule has 0 aliphatic heterocycles. The van der Waals surface area contributed by atoms with Gasteiger partial charge in [0.15, 0.2) is 0 Å². The van der Waals surface area contributed by atoms with Crippen molar-refractivity contribution in [3.05, 3.63) is 53.2 Å². The molecule has 0 amide bonds. The van der Waals surface area contributed by atoms with E-state index in [0.717, 1.165) is 29.2 Å². The van der Waals surface area contributed by atoms with Gasteiger partial charge in [-0.1, -0.05) is 37.7 Å². The number of anilines is 2. The molecule has 2 rings (SSSR count). The maximum absolute atomic E-state index is 5.69. The second-order valence-electron chi connectivity index (χ2n) is 5.17. The zero-order chi connectivity index (χ0) is 15.2. The Kier molecular flexibility index (Phi) is 5.28. The predicted octanol–water partition coefficient (Wildman–Crippen LogP) is 4.11. The number of benzene rings is 1. The Hall–Kier alpha value is -1.94. The first-order valence-electron chi connectivity index (χ1n) is 7.23. The van der Waals surface area contributed by atoms with E-state index < -0.39 is 0 Å². The van der Waals surface area contributed by atoms with Crippen LogP contribution in [0.5, 0.6) is 0 Å². The minimum atomic E-state index is 0.387. The van der Waals surface area contributed by atoms with Crippen molar-refractivity contribution in [2.24, 2.45) is 5.73 Å². The van der Waals surface area contributed by atoms with Gasteiger partial charge in [0.25, 0.3) is 0 Å². The first-order chi connectivity index (χ1) is 10.1. The van der Waals surface area contributed by atoms with Crippen molar-refractivity contribution in [3.63, 3.8) is 0 Å². The summed E-state index contributed by atoms with van der Waals surface area (Å²) in [5, 5.41) is 3.30. The Morgan fingerprint density at radius 3 is 2.57 bits per heavy atom. The number of nitrogens with one attached hydrogen (secondary N) is 1. The van der Waals surface area contributed by atoms with Crippen LogP contribution < -0.4 is 11.1 Å². The summed E-state index contributed by atoms with van der Waals surface area (Å²) in [7, 11) is 0. The molecule has 3 N–H and O–H groups in total. The van der Waals surface area contributed by atoms with E-state index in [1.807, 2.05) is 19.1 Å². The molecule has 0 saturated heterocycles. The number of nitrogens with two attached hydrogens (primary N) is 1. The van der Waals surface area contributed by atoms with Gasteiger partial charge in [0.05, 0.1) is 0 Å². The van der Waals surface area contributed by atoms with Crippen LogP contribution in [0.3, 0.4) is 0 Å². The fourth-order valence-corrected chi connectivity index (χ4v) is 2.28. The fourth-order valence-electron chi connectivity index (χ4n) is 2.16. The van der Waals surface area contributed by atoms with Crippen LogP contribution in [-0.4, -0.2) is 9.97 Å². The number of thiocarbonyl (C=S) groups is 1. The third kappa shape index (κ3) is 4.53. The Bertz CT molecular complexity index is 620. The number of hydrogen-bond donors (Lipinski definition) is 2. The van der Waals surface area contributed by atoms with Crippen LogP contribution in [0.2, 0.25) is 0 Å². The van der Waals surface area contributed by atoms with E-state index >= 15 is 0 Å². The molecular formula is C17H21N3S. The molecule has 2 aromatic rings. The molecule has 0 aliphatic carbocycles. The molecular weight excluding hydrogens is 278 g/mol. The van der Waals surface area contributed by atoms with E-state index in [4.69, 9.17) is 18.0 Å². The average molecular weight is 299 g/mol. The van der Waals surface area contributed by atoms with Gasteiger partial charge in [0.2, 0.25) is 0 Å². The van der Waals surface area contributed by atoms with E-state index in [0.29, 0.717) is 4.99 Å². The van der Waals surface area contributed by atoms with Gasteiger partial charge in [0.1, 0.15) is 10.8 Å². The SMILES string of the molecule is CCCCc1ccc(Nc2cc(C(N)=S)cc(C)n2)cc1. The molecule has 1 aromatic heterocycles. The molecule has 0 saturated carbocycles. The summed E-state index contributed by atoms with van der Waals surface area (Å²) in [5.41, 5.74) is 9.79. The molecule has 110 valence electrons. The van der Waals surface area contributed by atoms with E-state index in [-0.39, 0.29) is 0 Å². The van der Waals surface area contributed by atoms with Gasteiger partial charge in [-0.15, -0.1) is 0 Å². The lowest BCUT2D eigenvalue weighted by Crippen LogP contribution is -2.10. The molecule has 3 nitrogen and oxygen atoms in total. The lowest BCUT2D eigenvalue weighted by atomic mass is 10.1. The van der Waals surface area contributed by atoms with Gasteiger partial charge >= 0.3 is 0 Å². The average Bonchev–Trinajstić information content (AvgIpc) is 2.46. The van der Waals surface area contributed by atoms with Crippen molar-refractivity contribution < 1.29 is 0 Å². The van der Waals surface area contributed by atoms with Crippen LogP contribution in [0.4, 0.5) is 11.5 Å². The van der Waals surface area contributed by atoms with Gasteiger partial charge in [-0.05, 0) is 49.6 Å². The fraction of sp³-hybridized carbons (Fsp3) is 0.294.